The lowest BCUT2D eigenvalue weighted by atomic mass is 10.1. The van der Waals surface area contributed by atoms with Gasteiger partial charge in [-0.25, -0.2) is 4.79 Å². The second-order valence-corrected chi connectivity index (χ2v) is 6.05. The summed E-state index contributed by atoms with van der Waals surface area (Å²) in [6.07, 6.45) is 1.33. The van der Waals surface area contributed by atoms with Crippen molar-refractivity contribution in [3.63, 3.8) is 0 Å². The number of esters is 1. The molecule has 1 saturated heterocycles. The molecule has 2 aromatic rings. The van der Waals surface area contributed by atoms with Crippen molar-refractivity contribution in [3.05, 3.63) is 65.2 Å². The molecule has 6 heteroatoms. The molecule has 0 unspecified atom stereocenters. The third-order valence-corrected chi connectivity index (χ3v) is 4.26. The largest absolute Gasteiger partial charge is 0.454 e. The number of carbonyl (C=O) groups excluding carboxylic acids is 3. The van der Waals surface area contributed by atoms with Crippen molar-refractivity contribution < 1.29 is 24.2 Å². The molecule has 1 N–H and O–H groups in total. The molecule has 134 valence electrons. The van der Waals surface area contributed by atoms with Crippen molar-refractivity contribution in [1.29, 1.82) is 0 Å². The van der Waals surface area contributed by atoms with Gasteiger partial charge in [-0.2, -0.15) is 0 Å². The van der Waals surface area contributed by atoms with Gasteiger partial charge in [0, 0.05) is 24.2 Å². The fourth-order valence-corrected chi connectivity index (χ4v) is 2.81. The molecule has 0 aromatic heterocycles. The Morgan fingerprint density at radius 1 is 1.08 bits per heavy atom. The number of amides is 1. The van der Waals surface area contributed by atoms with Gasteiger partial charge in [-0.1, -0.05) is 24.3 Å². The molecule has 0 saturated carbocycles. The molecular formula is C20H19NO5. The maximum absolute atomic E-state index is 12.3. The summed E-state index contributed by atoms with van der Waals surface area (Å²) in [4.78, 5) is 37.8. The number of ether oxygens (including phenoxy) is 1. The molecule has 0 radical (unpaired) electrons. The third-order valence-electron chi connectivity index (χ3n) is 4.26. The number of aliphatic hydroxyl groups is 1. The van der Waals surface area contributed by atoms with Crippen LogP contribution in [0.1, 0.15) is 39.1 Å². The molecule has 6 nitrogen and oxygen atoms in total. The number of ketones is 1. The number of benzene rings is 2. The number of nitrogens with zero attached hydrogens (tertiary/aromatic N) is 1. The topological polar surface area (TPSA) is 83.9 Å². The quantitative estimate of drug-likeness (QED) is 0.637. The average molecular weight is 353 g/mol. The summed E-state index contributed by atoms with van der Waals surface area (Å²) in [6.45, 7) is 0.164. The number of anilines is 1. The Labute approximate surface area is 151 Å². The monoisotopic (exact) mass is 353 g/mol. The predicted molar refractivity (Wildman–Crippen MR) is 95.0 cm³/mol. The molecular weight excluding hydrogens is 334 g/mol. The highest BCUT2D eigenvalue weighted by atomic mass is 16.5. The Bertz CT molecular complexity index is 828. The molecule has 1 fully saturated rings. The van der Waals surface area contributed by atoms with E-state index in [1.807, 2.05) is 0 Å². The molecule has 0 spiro atoms. The summed E-state index contributed by atoms with van der Waals surface area (Å²) in [5.74, 6) is -0.889. The lowest BCUT2D eigenvalue weighted by Crippen LogP contribution is -2.24. The lowest BCUT2D eigenvalue weighted by Gasteiger charge is -2.16. The van der Waals surface area contributed by atoms with Crippen LogP contribution >= 0.6 is 0 Å². The van der Waals surface area contributed by atoms with Crippen LogP contribution in [-0.4, -0.2) is 35.9 Å². The van der Waals surface area contributed by atoms with Gasteiger partial charge in [-0.05, 0) is 36.2 Å². The highest BCUT2D eigenvalue weighted by molar-refractivity contribution is 6.01. The number of hydrogen-bond donors (Lipinski definition) is 1. The van der Waals surface area contributed by atoms with Crippen LogP contribution < -0.4 is 4.90 Å². The van der Waals surface area contributed by atoms with Gasteiger partial charge in [-0.15, -0.1) is 0 Å². The first kappa shape index (κ1) is 17.8. The molecule has 1 aliphatic rings. The standard InChI is InChI=1S/C20H19NO5/c22-12-14-6-8-15(9-7-14)20(25)26-13-18(23)16-3-1-4-17(11-16)21-10-2-5-19(21)24/h1,3-4,6-9,11,22H,2,5,10,12-13H2. The van der Waals surface area contributed by atoms with Gasteiger partial charge in [0.2, 0.25) is 5.91 Å². The number of aliphatic hydroxyl groups excluding tert-OH is 1. The predicted octanol–water partition coefficient (Wildman–Crippen LogP) is 2.35. The van der Waals surface area contributed by atoms with Gasteiger partial charge >= 0.3 is 5.97 Å². The Kier molecular flexibility index (Phi) is 5.43. The smallest absolute Gasteiger partial charge is 0.338 e. The van der Waals surface area contributed by atoms with Crippen LogP contribution in [0.2, 0.25) is 0 Å². The SMILES string of the molecule is O=C(COC(=O)c1ccc(CO)cc1)c1cccc(N2CCCC2=O)c1. The van der Waals surface area contributed by atoms with Gasteiger partial charge in [0.1, 0.15) is 0 Å². The minimum Gasteiger partial charge on any atom is -0.454 e. The van der Waals surface area contributed by atoms with Crippen molar-refractivity contribution in [2.45, 2.75) is 19.4 Å². The zero-order valence-corrected chi connectivity index (χ0v) is 14.2. The van der Waals surface area contributed by atoms with Gasteiger partial charge < -0.3 is 14.7 Å². The van der Waals surface area contributed by atoms with Crippen molar-refractivity contribution in [3.8, 4) is 0 Å². The summed E-state index contributed by atoms with van der Waals surface area (Å²) in [6, 6.07) is 13.1. The van der Waals surface area contributed by atoms with Gasteiger partial charge in [0.05, 0.1) is 12.2 Å². The van der Waals surface area contributed by atoms with E-state index in [0.717, 1.165) is 6.42 Å². The molecule has 2 aromatic carbocycles. The summed E-state index contributed by atoms with van der Waals surface area (Å²) < 4.78 is 5.07. The number of rotatable bonds is 6. The molecule has 1 heterocycles. The average Bonchev–Trinajstić information content (AvgIpc) is 3.12. The highest BCUT2D eigenvalue weighted by Crippen LogP contribution is 2.22. The van der Waals surface area contributed by atoms with E-state index in [1.165, 1.54) is 12.1 Å². The maximum atomic E-state index is 12.3. The van der Waals surface area contributed by atoms with Crippen LogP contribution in [0.3, 0.4) is 0 Å². The summed E-state index contributed by atoms with van der Waals surface area (Å²) in [7, 11) is 0. The maximum Gasteiger partial charge on any atom is 0.338 e. The normalized spacial score (nSPS) is 13.7. The lowest BCUT2D eigenvalue weighted by molar-refractivity contribution is -0.117. The van der Waals surface area contributed by atoms with Crippen molar-refractivity contribution in [2.75, 3.05) is 18.1 Å². The van der Waals surface area contributed by atoms with E-state index in [0.29, 0.717) is 35.3 Å². The molecule has 0 bridgehead atoms. The Morgan fingerprint density at radius 3 is 2.50 bits per heavy atom. The third kappa shape index (κ3) is 3.97. The highest BCUT2D eigenvalue weighted by Gasteiger charge is 2.22. The van der Waals surface area contributed by atoms with Gasteiger partial charge in [0.25, 0.3) is 0 Å². The Balaban J connectivity index is 1.62. The van der Waals surface area contributed by atoms with E-state index in [1.54, 1.807) is 41.3 Å². The molecule has 1 amide bonds. The minimum atomic E-state index is -0.603. The van der Waals surface area contributed by atoms with Crippen LogP contribution in [0, 0.1) is 0 Å². The van der Waals surface area contributed by atoms with E-state index < -0.39 is 5.97 Å². The van der Waals surface area contributed by atoms with E-state index in [2.05, 4.69) is 0 Å². The van der Waals surface area contributed by atoms with Crippen molar-refractivity contribution in [1.82, 2.24) is 0 Å². The van der Waals surface area contributed by atoms with E-state index in [-0.39, 0.29) is 24.9 Å². The number of hydrogen-bond acceptors (Lipinski definition) is 5. The van der Waals surface area contributed by atoms with Crippen LogP contribution in [0.5, 0.6) is 0 Å². The summed E-state index contributed by atoms with van der Waals surface area (Å²) in [5.41, 5.74) is 2.08. The molecule has 1 aliphatic heterocycles. The minimum absolute atomic E-state index is 0.0485. The second-order valence-electron chi connectivity index (χ2n) is 6.05. The van der Waals surface area contributed by atoms with Crippen LogP contribution in [0.15, 0.2) is 48.5 Å². The molecule has 26 heavy (non-hydrogen) atoms. The number of carbonyl (C=O) groups is 3. The van der Waals surface area contributed by atoms with Crippen molar-refractivity contribution in [2.24, 2.45) is 0 Å². The van der Waals surface area contributed by atoms with Gasteiger partial charge in [0.15, 0.2) is 12.4 Å². The van der Waals surface area contributed by atoms with E-state index in [9.17, 15) is 14.4 Å². The van der Waals surface area contributed by atoms with Crippen LogP contribution in [0.4, 0.5) is 5.69 Å². The molecule has 0 atom stereocenters. The van der Waals surface area contributed by atoms with E-state index >= 15 is 0 Å². The Hall–Kier alpha value is -2.99. The summed E-state index contributed by atoms with van der Waals surface area (Å²) >= 11 is 0. The fourth-order valence-electron chi connectivity index (χ4n) is 2.81. The van der Waals surface area contributed by atoms with Crippen LogP contribution in [-0.2, 0) is 16.1 Å². The zero-order valence-electron chi connectivity index (χ0n) is 14.2. The van der Waals surface area contributed by atoms with Gasteiger partial charge in [-0.3, -0.25) is 9.59 Å². The molecule has 0 aliphatic carbocycles. The fraction of sp³-hybridized carbons (Fsp3) is 0.250. The summed E-state index contributed by atoms with van der Waals surface area (Å²) in [5, 5.41) is 9.00. The first-order chi connectivity index (χ1) is 12.6. The second kappa shape index (κ2) is 7.93. The molecule has 3 rings (SSSR count). The number of Topliss-reactive ketones (excluding diaryl/α,β-unsaturated/α-hetero) is 1. The first-order valence-electron chi connectivity index (χ1n) is 8.39. The van der Waals surface area contributed by atoms with Crippen molar-refractivity contribution >= 4 is 23.3 Å². The Morgan fingerprint density at radius 2 is 1.85 bits per heavy atom. The first-order valence-corrected chi connectivity index (χ1v) is 8.39. The zero-order chi connectivity index (χ0) is 18.5. The van der Waals surface area contributed by atoms with E-state index in [4.69, 9.17) is 9.84 Å². The van der Waals surface area contributed by atoms with Crippen LogP contribution in [0.25, 0.3) is 0 Å².